The average molecular weight is 522 g/mol. The van der Waals surface area contributed by atoms with E-state index in [1.807, 2.05) is 0 Å². The Morgan fingerprint density at radius 3 is 2.58 bits per heavy atom. The molecule has 0 radical (unpaired) electrons. The predicted molar refractivity (Wildman–Crippen MR) is 128 cm³/mol. The molecule has 1 aliphatic heterocycles. The number of nitrogens with zero attached hydrogens (tertiary/aromatic N) is 4. The van der Waals surface area contributed by atoms with Gasteiger partial charge in [-0.05, 0) is 61.1 Å². The molecule has 2 heterocycles. The van der Waals surface area contributed by atoms with Crippen LogP contribution in [0.2, 0.25) is 0 Å². The first-order chi connectivity index (χ1) is 16.8. The molecule has 36 heavy (non-hydrogen) atoms. The van der Waals surface area contributed by atoms with Crippen LogP contribution in [0.3, 0.4) is 0 Å². The van der Waals surface area contributed by atoms with E-state index in [-0.39, 0.29) is 34.9 Å². The van der Waals surface area contributed by atoms with Gasteiger partial charge in [-0.1, -0.05) is 12.1 Å². The number of rotatable bonds is 7. The summed E-state index contributed by atoms with van der Waals surface area (Å²) in [5, 5.41) is 27.0. The fraction of sp³-hybridized carbons (Fsp3) is 0.304. The molecule has 0 unspecified atom stereocenters. The predicted octanol–water partition coefficient (Wildman–Crippen LogP) is 4.07. The standard InChI is InChI=1S/C23H22ClF2N5O5/c1-22(33)10-3-11-29(13-22)19-18(14-4-2-5-15(12-14)20(27)32)30(28-21(19)31(34)35)16-6-8-17(9-7-16)36-23(24,25)26/h2,4-9,12,33H,3,10-11,13H2,1H3,(H2,27,32)/t22-/m0/s1. The van der Waals surface area contributed by atoms with Crippen molar-refractivity contribution < 1.29 is 28.3 Å². The number of carbonyl (C=O) groups is 1. The number of hydrogen-bond donors (Lipinski definition) is 2. The third-order valence-electron chi connectivity index (χ3n) is 5.74. The van der Waals surface area contributed by atoms with Gasteiger partial charge in [0.25, 0.3) is 0 Å². The number of alkyl halides is 3. The first kappa shape index (κ1) is 25.3. The van der Waals surface area contributed by atoms with Gasteiger partial charge in [-0.25, -0.2) is 0 Å². The van der Waals surface area contributed by atoms with Gasteiger partial charge in [-0.3, -0.25) is 4.79 Å². The van der Waals surface area contributed by atoms with Gasteiger partial charge in [0.15, 0.2) is 5.69 Å². The molecule has 1 amide bonds. The van der Waals surface area contributed by atoms with Crippen LogP contribution in [0.5, 0.6) is 5.75 Å². The van der Waals surface area contributed by atoms with Crippen LogP contribution in [0.25, 0.3) is 16.9 Å². The van der Waals surface area contributed by atoms with E-state index in [1.54, 1.807) is 24.0 Å². The maximum Gasteiger partial charge on any atom is 0.487 e. The lowest BCUT2D eigenvalue weighted by molar-refractivity contribution is -0.389. The summed E-state index contributed by atoms with van der Waals surface area (Å²) in [6.07, 6.45) is 1.10. The van der Waals surface area contributed by atoms with Gasteiger partial charge in [0.2, 0.25) is 5.91 Å². The summed E-state index contributed by atoms with van der Waals surface area (Å²) in [6, 6.07) is 11.4. The van der Waals surface area contributed by atoms with Crippen LogP contribution in [0.4, 0.5) is 20.3 Å². The number of halogens is 3. The molecule has 0 saturated carbocycles. The molecule has 1 aromatic heterocycles. The number of benzene rings is 2. The van der Waals surface area contributed by atoms with Gasteiger partial charge in [-0.15, -0.1) is 13.5 Å². The van der Waals surface area contributed by atoms with Crippen molar-refractivity contribution >= 4 is 29.0 Å². The number of amides is 1. The number of hydrogen-bond acceptors (Lipinski definition) is 7. The topological polar surface area (TPSA) is 137 Å². The average Bonchev–Trinajstić information content (AvgIpc) is 3.19. The van der Waals surface area contributed by atoms with Crippen LogP contribution in [0, 0.1) is 10.1 Å². The number of piperidine rings is 1. The highest BCUT2D eigenvalue weighted by molar-refractivity contribution is 6.20. The lowest BCUT2D eigenvalue weighted by Gasteiger charge is -2.37. The molecule has 10 nitrogen and oxygen atoms in total. The maximum absolute atomic E-state index is 13.0. The first-order valence-electron chi connectivity index (χ1n) is 10.9. The lowest BCUT2D eigenvalue weighted by atomic mass is 9.94. The number of β-amino-alcohol motifs (C(OH)–C–C–N with tert-alkyl or cyclic N) is 1. The van der Waals surface area contributed by atoms with E-state index in [0.717, 1.165) is 0 Å². The normalized spacial score (nSPS) is 18.2. The summed E-state index contributed by atoms with van der Waals surface area (Å²) in [5.41, 5.74) is 1.72. The van der Waals surface area contributed by atoms with E-state index >= 15 is 0 Å². The van der Waals surface area contributed by atoms with Crippen LogP contribution < -0.4 is 15.4 Å². The van der Waals surface area contributed by atoms with Crippen molar-refractivity contribution in [3.8, 4) is 22.7 Å². The molecule has 13 heteroatoms. The molecule has 3 aromatic rings. The highest BCUT2D eigenvalue weighted by Crippen LogP contribution is 2.42. The second kappa shape index (κ2) is 9.36. The number of aliphatic hydroxyl groups is 1. The minimum Gasteiger partial charge on any atom is -0.420 e. The minimum absolute atomic E-state index is 0.111. The Kier molecular flexibility index (Phi) is 6.58. The van der Waals surface area contributed by atoms with Gasteiger partial charge < -0.3 is 30.6 Å². The Morgan fingerprint density at radius 2 is 2.00 bits per heavy atom. The highest BCUT2D eigenvalue weighted by Gasteiger charge is 2.38. The van der Waals surface area contributed by atoms with Gasteiger partial charge in [-0.2, -0.15) is 0 Å². The van der Waals surface area contributed by atoms with Gasteiger partial charge in [0.05, 0.1) is 16.4 Å². The van der Waals surface area contributed by atoms with Crippen molar-refractivity contribution in [3.05, 3.63) is 64.2 Å². The fourth-order valence-electron chi connectivity index (χ4n) is 4.28. The monoisotopic (exact) mass is 521 g/mol. The van der Waals surface area contributed by atoms with E-state index in [1.165, 1.54) is 41.1 Å². The highest BCUT2D eigenvalue weighted by atomic mass is 35.5. The number of ether oxygens (including phenoxy) is 1. The van der Waals surface area contributed by atoms with Gasteiger partial charge >= 0.3 is 11.4 Å². The molecular weight excluding hydrogens is 500 g/mol. The van der Waals surface area contributed by atoms with Crippen LogP contribution in [0.1, 0.15) is 30.1 Å². The molecule has 3 N–H and O–H groups in total. The molecule has 190 valence electrons. The molecule has 0 spiro atoms. The third-order valence-corrected chi connectivity index (χ3v) is 5.82. The van der Waals surface area contributed by atoms with Crippen LogP contribution in [-0.4, -0.2) is 50.0 Å². The Bertz CT molecular complexity index is 1310. The number of primary amides is 1. The molecule has 0 bridgehead atoms. The van der Waals surface area contributed by atoms with Crippen LogP contribution >= 0.6 is 11.6 Å². The zero-order valence-electron chi connectivity index (χ0n) is 19.0. The first-order valence-corrected chi connectivity index (χ1v) is 11.2. The number of nitrogens with two attached hydrogens (primary N) is 1. The van der Waals surface area contributed by atoms with Crippen molar-refractivity contribution in [2.24, 2.45) is 5.73 Å². The second-order valence-electron chi connectivity index (χ2n) is 8.70. The maximum atomic E-state index is 13.0. The van der Waals surface area contributed by atoms with E-state index in [0.29, 0.717) is 24.9 Å². The molecular formula is C23H22ClF2N5O5. The van der Waals surface area contributed by atoms with Crippen molar-refractivity contribution in [2.45, 2.75) is 30.9 Å². The van der Waals surface area contributed by atoms with E-state index in [4.69, 9.17) is 17.3 Å². The summed E-state index contributed by atoms with van der Waals surface area (Å²) in [6.45, 7) is 2.18. The zero-order valence-corrected chi connectivity index (χ0v) is 19.8. The number of carbonyl (C=O) groups excluding carboxylic acids is 1. The molecule has 4 rings (SSSR count). The van der Waals surface area contributed by atoms with Crippen molar-refractivity contribution in [1.29, 1.82) is 0 Å². The van der Waals surface area contributed by atoms with Crippen LogP contribution in [0.15, 0.2) is 48.5 Å². The zero-order chi connectivity index (χ0) is 26.3. The summed E-state index contributed by atoms with van der Waals surface area (Å²) < 4.78 is 31.7. The van der Waals surface area contributed by atoms with Gasteiger partial charge in [0.1, 0.15) is 11.4 Å². The lowest BCUT2D eigenvalue weighted by Crippen LogP contribution is -2.46. The molecule has 1 saturated heterocycles. The Balaban J connectivity index is 1.94. The van der Waals surface area contributed by atoms with E-state index < -0.39 is 27.8 Å². The number of aromatic nitrogens is 2. The Labute approximate surface area is 209 Å². The fourth-order valence-corrected chi connectivity index (χ4v) is 4.37. The summed E-state index contributed by atoms with van der Waals surface area (Å²) >= 11 is 4.83. The molecule has 0 aliphatic carbocycles. The molecule has 1 aliphatic rings. The minimum atomic E-state index is -3.91. The van der Waals surface area contributed by atoms with Crippen molar-refractivity contribution in [1.82, 2.24) is 9.78 Å². The van der Waals surface area contributed by atoms with Crippen molar-refractivity contribution in [3.63, 3.8) is 0 Å². The van der Waals surface area contributed by atoms with E-state index in [2.05, 4.69) is 9.84 Å². The summed E-state index contributed by atoms with van der Waals surface area (Å²) in [7, 11) is 0. The van der Waals surface area contributed by atoms with E-state index in [9.17, 15) is 28.8 Å². The largest absolute Gasteiger partial charge is 0.487 e. The Morgan fingerprint density at radius 1 is 1.31 bits per heavy atom. The molecule has 2 aromatic carbocycles. The summed E-state index contributed by atoms with van der Waals surface area (Å²) in [5.74, 6) is -1.40. The van der Waals surface area contributed by atoms with Crippen LogP contribution in [-0.2, 0) is 0 Å². The third kappa shape index (κ3) is 5.39. The second-order valence-corrected chi connectivity index (χ2v) is 9.14. The van der Waals surface area contributed by atoms with Crippen molar-refractivity contribution in [2.75, 3.05) is 18.0 Å². The number of nitro groups is 1. The smallest absolute Gasteiger partial charge is 0.420 e. The Hall–Kier alpha value is -3.77. The SMILES string of the molecule is C[C@]1(O)CCCN(c2c([N+](=O)[O-])nn(-c3ccc(OC(F)(F)Cl)cc3)c2-c2cccc(C(N)=O)c2)C1. The quantitative estimate of drug-likeness (QED) is 0.271. The molecule has 1 atom stereocenters. The van der Waals surface area contributed by atoms with Gasteiger partial charge in [0, 0.05) is 35.8 Å². The number of anilines is 1. The molecule has 1 fully saturated rings. The summed E-state index contributed by atoms with van der Waals surface area (Å²) in [4.78, 5) is 25.0.